The molecule has 0 saturated carbocycles. The number of rotatable bonds is 3. The summed E-state index contributed by atoms with van der Waals surface area (Å²) < 4.78 is 0. The SMILES string of the molecule is CNc1ccc(CN2CCNCC2)nc1. The standard InChI is InChI=1S/C11H18N4/c1-12-10-2-3-11(14-8-10)9-15-6-4-13-5-7-15/h2-3,8,12-13H,4-7,9H2,1H3. The lowest BCUT2D eigenvalue weighted by molar-refractivity contribution is 0.231. The summed E-state index contributed by atoms with van der Waals surface area (Å²) >= 11 is 0. The molecule has 2 heterocycles. The third-order valence-corrected chi connectivity index (χ3v) is 2.71. The number of pyridine rings is 1. The second-order valence-electron chi connectivity index (χ2n) is 3.81. The summed E-state index contributed by atoms with van der Waals surface area (Å²) in [7, 11) is 1.91. The lowest BCUT2D eigenvalue weighted by Crippen LogP contribution is -2.43. The Kier molecular flexibility index (Phi) is 3.53. The Labute approximate surface area is 90.7 Å². The maximum Gasteiger partial charge on any atom is 0.0545 e. The molecule has 1 aromatic heterocycles. The minimum Gasteiger partial charge on any atom is -0.387 e. The van der Waals surface area contributed by atoms with E-state index in [9.17, 15) is 0 Å². The van der Waals surface area contributed by atoms with Crippen molar-refractivity contribution >= 4 is 5.69 Å². The molecule has 0 radical (unpaired) electrons. The Hall–Kier alpha value is -1.13. The first-order chi connectivity index (χ1) is 7.38. The van der Waals surface area contributed by atoms with Gasteiger partial charge in [-0.15, -0.1) is 0 Å². The van der Waals surface area contributed by atoms with E-state index >= 15 is 0 Å². The average molecular weight is 206 g/mol. The van der Waals surface area contributed by atoms with Crippen LogP contribution in [-0.2, 0) is 6.54 Å². The van der Waals surface area contributed by atoms with Gasteiger partial charge in [0.1, 0.15) is 0 Å². The number of hydrogen-bond donors (Lipinski definition) is 2. The van der Waals surface area contributed by atoms with Crippen LogP contribution in [0.2, 0.25) is 0 Å². The molecule has 0 atom stereocenters. The van der Waals surface area contributed by atoms with Crippen LogP contribution in [0, 0.1) is 0 Å². The molecule has 15 heavy (non-hydrogen) atoms. The quantitative estimate of drug-likeness (QED) is 0.757. The largest absolute Gasteiger partial charge is 0.387 e. The van der Waals surface area contributed by atoms with Crippen molar-refractivity contribution < 1.29 is 0 Å². The predicted octanol–water partition coefficient (Wildman–Crippen LogP) is 0.528. The van der Waals surface area contributed by atoms with E-state index in [0.717, 1.165) is 44.1 Å². The molecule has 1 fully saturated rings. The fourth-order valence-corrected chi connectivity index (χ4v) is 1.76. The van der Waals surface area contributed by atoms with Crippen molar-refractivity contribution in [3.63, 3.8) is 0 Å². The second-order valence-corrected chi connectivity index (χ2v) is 3.81. The third kappa shape index (κ3) is 2.91. The van der Waals surface area contributed by atoms with Crippen molar-refractivity contribution in [3.05, 3.63) is 24.0 Å². The fourth-order valence-electron chi connectivity index (χ4n) is 1.76. The minimum atomic E-state index is 0.964. The van der Waals surface area contributed by atoms with Crippen molar-refractivity contribution in [1.82, 2.24) is 15.2 Å². The molecule has 1 saturated heterocycles. The zero-order chi connectivity index (χ0) is 10.5. The zero-order valence-corrected chi connectivity index (χ0v) is 9.16. The smallest absolute Gasteiger partial charge is 0.0545 e. The number of nitrogens with zero attached hydrogens (tertiary/aromatic N) is 2. The minimum absolute atomic E-state index is 0.964. The Bertz CT molecular complexity index is 290. The van der Waals surface area contributed by atoms with Crippen LogP contribution in [0.4, 0.5) is 5.69 Å². The first kappa shape index (κ1) is 10.4. The van der Waals surface area contributed by atoms with Crippen LogP contribution in [-0.4, -0.2) is 43.1 Å². The Morgan fingerprint density at radius 1 is 1.40 bits per heavy atom. The fraction of sp³-hybridized carbons (Fsp3) is 0.545. The van der Waals surface area contributed by atoms with E-state index in [-0.39, 0.29) is 0 Å². The molecule has 0 aliphatic carbocycles. The summed E-state index contributed by atoms with van der Waals surface area (Å²) in [4.78, 5) is 6.85. The molecule has 1 aliphatic heterocycles. The lowest BCUT2D eigenvalue weighted by Gasteiger charge is -2.26. The highest BCUT2D eigenvalue weighted by molar-refractivity contribution is 5.39. The van der Waals surface area contributed by atoms with Crippen molar-refractivity contribution in [1.29, 1.82) is 0 Å². The van der Waals surface area contributed by atoms with Gasteiger partial charge in [-0.25, -0.2) is 0 Å². The average Bonchev–Trinajstić information content (AvgIpc) is 2.31. The number of hydrogen-bond acceptors (Lipinski definition) is 4. The number of aromatic nitrogens is 1. The monoisotopic (exact) mass is 206 g/mol. The molecule has 4 heteroatoms. The molecule has 1 aliphatic rings. The van der Waals surface area contributed by atoms with E-state index < -0.39 is 0 Å². The molecule has 0 spiro atoms. The Morgan fingerprint density at radius 2 is 2.20 bits per heavy atom. The van der Waals surface area contributed by atoms with Gasteiger partial charge in [0.25, 0.3) is 0 Å². The lowest BCUT2D eigenvalue weighted by atomic mass is 10.3. The van der Waals surface area contributed by atoms with Gasteiger partial charge in [0.15, 0.2) is 0 Å². The van der Waals surface area contributed by atoms with Crippen LogP contribution in [0.5, 0.6) is 0 Å². The number of anilines is 1. The maximum atomic E-state index is 4.42. The Balaban J connectivity index is 1.91. The van der Waals surface area contributed by atoms with Crippen molar-refractivity contribution in [2.24, 2.45) is 0 Å². The van der Waals surface area contributed by atoms with Gasteiger partial charge in [0.05, 0.1) is 17.6 Å². The number of nitrogens with one attached hydrogen (secondary N) is 2. The summed E-state index contributed by atoms with van der Waals surface area (Å²) in [6, 6.07) is 4.17. The van der Waals surface area contributed by atoms with Gasteiger partial charge in [-0.3, -0.25) is 9.88 Å². The van der Waals surface area contributed by atoms with Crippen LogP contribution in [0.1, 0.15) is 5.69 Å². The highest BCUT2D eigenvalue weighted by Crippen LogP contribution is 2.07. The van der Waals surface area contributed by atoms with Crippen molar-refractivity contribution in [3.8, 4) is 0 Å². The van der Waals surface area contributed by atoms with Crippen molar-refractivity contribution in [2.45, 2.75) is 6.54 Å². The highest BCUT2D eigenvalue weighted by Gasteiger charge is 2.09. The highest BCUT2D eigenvalue weighted by atomic mass is 15.2. The van der Waals surface area contributed by atoms with Gasteiger partial charge >= 0.3 is 0 Å². The van der Waals surface area contributed by atoms with E-state index in [4.69, 9.17) is 0 Å². The summed E-state index contributed by atoms with van der Waals surface area (Å²) in [5, 5.41) is 6.42. The van der Waals surface area contributed by atoms with E-state index in [0.29, 0.717) is 0 Å². The normalized spacial score (nSPS) is 17.7. The maximum absolute atomic E-state index is 4.42. The number of piperazine rings is 1. The van der Waals surface area contributed by atoms with Gasteiger partial charge in [0.2, 0.25) is 0 Å². The molecule has 0 amide bonds. The van der Waals surface area contributed by atoms with Gasteiger partial charge < -0.3 is 10.6 Å². The first-order valence-corrected chi connectivity index (χ1v) is 5.44. The summed E-state index contributed by atoms with van der Waals surface area (Å²) in [6.07, 6.45) is 1.89. The molecule has 0 bridgehead atoms. The zero-order valence-electron chi connectivity index (χ0n) is 9.16. The first-order valence-electron chi connectivity index (χ1n) is 5.44. The molecule has 82 valence electrons. The summed E-state index contributed by atoms with van der Waals surface area (Å²) in [6.45, 7) is 5.39. The third-order valence-electron chi connectivity index (χ3n) is 2.71. The van der Waals surface area contributed by atoms with Crippen LogP contribution < -0.4 is 10.6 Å². The molecule has 2 N–H and O–H groups in total. The van der Waals surface area contributed by atoms with Crippen LogP contribution in [0.3, 0.4) is 0 Å². The van der Waals surface area contributed by atoms with Gasteiger partial charge in [0, 0.05) is 39.8 Å². The summed E-state index contributed by atoms with van der Waals surface area (Å²) in [5.41, 5.74) is 2.22. The van der Waals surface area contributed by atoms with E-state index in [1.165, 1.54) is 0 Å². The van der Waals surface area contributed by atoms with Gasteiger partial charge in [-0.05, 0) is 12.1 Å². The molecule has 0 unspecified atom stereocenters. The second kappa shape index (κ2) is 5.09. The van der Waals surface area contributed by atoms with Crippen LogP contribution in [0.25, 0.3) is 0 Å². The van der Waals surface area contributed by atoms with Crippen LogP contribution in [0.15, 0.2) is 18.3 Å². The molecular formula is C11H18N4. The predicted molar refractivity (Wildman–Crippen MR) is 61.9 cm³/mol. The molecule has 0 aromatic carbocycles. The van der Waals surface area contributed by atoms with E-state index in [1.807, 2.05) is 13.2 Å². The van der Waals surface area contributed by atoms with E-state index in [1.54, 1.807) is 0 Å². The molecule has 4 nitrogen and oxygen atoms in total. The van der Waals surface area contributed by atoms with Gasteiger partial charge in [-0.1, -0.05) is 0 Å². The van der Waals surface area contributed by atoms with Gasteiger partial charge in [-0.2, -0.15) is 0 Å². The molecule has 1 aromatic rings. The van der Waals surface area contributed by atoms with Crippen LogP contribution >= 0.6 is 0 Å². The summed E-state index contributed by atoms with van der Waals surface area (Å²) in [5.74, 6) is 0. The topological polar surface area (TPSA) is 40.2 Å². The van der Waals surface area contributed by atoms with E-state index in [2.05, 4.69) is 32.7 Å². The van der Waals surface area contributed by atoms with Crippen molar-refractivity contribution in [2.75, 3.05) is 38.5 Å². The Morgan fingerprint density at radius 3 is 2.80 bits per heavy atom. The molecular weight excluding hydrogens is 188 g/mol. The molecule has 2 rings (SSSR count).